The Hall–Kier alpha value is -3.34. The minimum absolute atomic E-state index is 0.260. The molecule has 4 atom stereocenters. The van der Waals surface area contributed by atoms with E-state index in [-0.39, 0.29) is 23.3 Å². The maximum absolute atomic E-state index is 13.6. The maximum Gasteiger partial charge on any atom is 0.353 e. The third kappa shape index (κ3) is 1.81. The van der Waals surface area contributed by atoms with Crippen LogP contribution in [0.1, 0.15) is 12.5 Å². The van der Waals surface area contributed by atoms with Crippen LogP contribution in [0.4, 0.5) is 0 Å². The SMILES string of the molecule is O=c1n(-c2ccccc2)c(=O)n2n1[C@@H]1C=CC=CC=C1[C@@]21C=CC=C[C@@H]2C[C@@H]21. The number of para-hydroxylation sites is 1. The molecule has 0 radical (unpaired) electrons. The summed E-state index contributed by atoms with van der Waals surface area (Å²) in [5.74, 6) is 0.718. The Balaban J connectivity index is 1.71. The topological polar surface area (TPSA) is 48.9 Å². The van der Waals surface area contributed by atoms with Gasteiger partial charge in [0, 0.05) is 0 Å². The fourth-order valence-corrected chi connectivity index (χ4v) is 5.14. The molecule has 0 amide bonds. The zero-order chi connectivity index (χ0) is 18.9. The van der Waals surface area contributed by atoms with E-state index in [1.165, 1.54) is 4.57 Å². The molecule has 1 aromatic carbocycles. The van der Waals surface area contributed by atoms with Crippen LogP contribution in [0.3, 0.4) is 0 Å². The van der Waals surface area contributed by atoms with Crippen LogP contribution in [0, 0.1) is 11.8 Å². The lowest BCUT2D eigenvalue weighted by Crippen LogP contribution is -2.42. The number of benzene rings is 1. The third-order valence-electron chi connectivity index (χ3n) is 6.40. The van der Waals surface area contributed by atoms with Gasteiger partial charge in [0.15, 0.2) is 0 Å². The van der Waals surface area contributed by atoms with Crippen LogP contribution in [0.15, 0.2) is 100 Å². The Morgan fingerprint density at radius 2 is 1.71 bits per heavy atom. The summed E-state index contributed by atoms with van der Waals surface area (Å²) >= 11 is 0. The first-order chi connectivity index (χ1) is 13.7. The molecule has 1 saturated carbocycles. The zero-order valence-corrected chi connectivity index (χ0v) is 15.2. The molecule has 5 nitrogen and oxygen atoms in total. The second kappa shape index (κ2) is 5.35. The van der Waals surface area contributed by atoms with Gasteiger partial charge in [0.05, 0.1) is 11.7 Å². The lowest BCUT2D eigenvalue weighted by Gasteiger charge is -2.28. The first-order valence-corrected chi connectivity index (χ1v) is 9.67. The molecule has 2 heterocycles. The van der Waals surface area contributed by atoms with Gasteiger partial charge >= 0.3 is 11.4 Å². The summed E-state index contributed by atoms with van der Waals surface area (Å²) in [6, 6.07) is 8.92. The molecule has 1 aliphatic heterocycles. The average Bonchev–Trinajstić information content (AvgIpc) is 3.44. The minimum Gasteiger partial charge on any atom is -0.245 e. The van der Waals surface area contributed by atoms with Crippen molar-refractivity contribution in [1.82, 2.24) is 13.9 Å². The quantitative estimate of drug-likeness (QED) is 0.776. The summed E-state index contributed by atoms with van der Waals surface area (Å²) in [4.78, 5) is 27.1. The molecule has 1 fully saturated rings. The summed E-state index contributed by atoms with van der Waals surface area (Å²) in [5.41, 5.74) is 0.525. The van der Waals surface area contributed by atoms with Crippen molar-refractivity contribution in [3.8, 4) is 5.69 Å². The van der Waals surface area contributed by atoms with E-state index in [0.717, 1.165) is 12.0 Å². The average molecular weight is 369 g/mol. The second-order valence-corrected chi connectivity index (χ2v) is 7.80. The zero-order valence-electron chi connectivity index (χ0n) is 15.2. The number of allylic oxidation sites excluding steroid dienone is 10. The van der Waals surface area contributed by atoms with E-state index in [1.807, 2.05) is 48.6 Å². The van der Waals surface area contributed by atoms with Crippen LogP contribution < -0.4 is 11.4 Å². The number of fused-ring (bicyclic) bond motifs is 7. The first kappa shape index (κ1) is 15.7. The van der Waals surface area contributed by atoms with Gasteiger partial charge in [-0.3, -0.25) is 0 Å². The van der Waals surface area contributed by atoms with Crippen molar-refractivity contribution >= 4 is 0 Å². The van der Waals surface area contributed by atoms with Gasteiger partial charge in [-0.2, -0.15) is 0 Å². The van der Waals surface area contributed by atoms with E-state index in [1.54, 1.807) is 21.5 Å². The third-order valence-corrected chi connectivity index (χ3v) is 6.40. The molecule has 5 heteroatoms. The monoisotopic (exact) mass is 369 g/mol. The second-order valence-electron chi connectivity index (χ2n) is 7.80. The predicted molar refractivity (Wildman–Crippen MR) is 108 cm³/mol. The van der Waals surface area contributed by atoms with Crippen molar-refractivity contribution in [2.75, 3.05) is 0 Å². The maximum atomic E-state index is 13.6. The highest BCUT2D eigenvalue weighted by Gasteiger charge is 2.60. The standard InChI is InChI=1S/C23H19N3O2/c27-21-24(17-10-3-1-4-11-17)22(28)26-23(14-8-7-9-16-15-19(16)23)18-12-5-2-6-13-20(18)25(21)26/h1-14,16,19-20H,15H2/t16-,19+,20-,23-/m1/s1. The Bertz CT molecular complexity index is 1250. The Labute approximate surface area is 161 Å². The highest BCUT2D eigenvalue weighted by atomic mass is 16.2. The summed E-state index contributed by atoms with van der Waals surface area (Å²) < 4.78 is 4.67. The smallest absolute Gasteiger partial charge is 0.245 e. The molecule has 0 unspecified atom stereocenters. The predicted octanol–water partition coefficient (Wildman–Crippen LogP) is 2.87. The molecular weight excluding hydrogens is 350 g/mol. The minimum atomic E-state index is -0.603. The van der Waals surface area contributed by atoms with E-state index in [9.17, 15) is 9.59 Å². The van der Waals surface area contributed by atoms with Crippen molar-refractivity contribution < 1.29 is 0 Å². The number of nitrogens with zero attached hydrogens (tertiary/aromatic N) is 3. The number of rotatable bonds is 1. The van der Waals surface area contributed by atoms with Gasteiger partial charge in [-0.25, -0.2) is 23.5 Å². The summed E-state index contributed by atoms with van der Waals surface area (Å²) in [6.07, 6.45) is 19.5. The molecule has 3 aliphatic carbocycles. The molecule has 0 saturated heterocycles. The van der Waals surface area contributed by atoms with E-state index < -0.39 is 5.54 Å². The molecule has 2 aromatic rings. The molecule has 1 spiro atoms. The number of aromatic nitrogens is 3. The van der Waals surface area contributed by atoms with E-state index in [0.29, 0.717) is 11.6 Å². The molecular formula is C23H19N3O2. The van der Waals surface area contributed by atoms with Crippen molar-refractivity contribution in [1.29, 1.82) is 0 Å². The van der Waals surface area contributed by atoms with Gasteiger partial charge in [0.2, 0.25) is 0 Å². The van der Waals surface area contributed by atoms with Crippen molar-refractivity contribution in [2.24, 2.45) is 11.8 Å². The lowest BCUT2D eigenvalue weighted by atomic mass is 9.81. The van der Waals surface area contributed by atoms with E-state index in [2.05, 4.69) is 24.3 Å². The van der Waals surface area contributed by atoms with Crippen LogP contribution >= 0.6 is 0 Å². The molecule has 28 heavy (non-hydrogen) atoms. The highest BCUT2D eigenvalue weighted by Crippen LogP contribution is 2.59. The van der Waals surface area contributed by atoms with Gasteiger partial charge < -0.3 is 0 Å². The molecule has 0 N–H and O–H groups in total. The van der Waals surface area contributed by atoms with Crippen LogP contribution in [-0.2, 0) is 5.54 Å². The lowest BCUT2D eigenvalue weighted by molar-refractivity contribution is 0.342. The Kier molecular flexibility index (Phi) is 3.00. The largest absolute Gasteiger partial charge is 0.353 e. The van der Waals surface area contributed by atoms with Gasteiger partial charge in [0.1, 0.15) is 5.54 Å². The fourth-order valence-electron chi connectivity index (χ4n) is 5.14. The van der Waals surface area contributed by atoms with Gasteiger partial charge in [-0.15, -0.1) is 0 Å². The number of hydrogen-bond donors (Lipinski definition) is 0. The first-order valence-electron chi connectivity index (χ1n) is 9.67. The molecule has 4 aliphatic rings. The van der Waals surface area contributed by atoms with Gasteiger partial charge in [-0.05, 0) is 36.0 Å². The van der Waals surface area contributed by atoms with Crippen LogP contribution in [0.25, 0.3) is 5.69 Å². The number of hydrogen-bond acceptors (Lipinski definition) is 2. The summed E-state index contributed by atoms with van der Waals surface area (Å²) in [7, 11) is 0. The van der Waals surface area contributed by atoms with E-state index >= 15 is 0 Å². The molecule has 1 aromatic heterocycles. The molecule has 0 bridgehead atoms. The Morgan fingerprint density at radius 3 is 2.57 bits per heavy atom. The van der Waals surface area contributed by atoms with Crippen molar-refractivity contribution in [3.63, 3.8) is 0 Å². The Morgan fingerprint density at radius 1 is 0.893 bits per heavy atom. The molecule has 138 valence electrons. The summed E-state index contributed by atoms with van der Waals surface area (Å²) in [6.45, 7) is 0. The van der Waals surface area contributed by atoms with Crippen molar-refractivity contribution in [2.45, 2.75) is 18.0 Å². The van der Waals surface area contributed by atoms with Gasteiger partial charge in [-0.1, -0.05) is 72.9 Å². The van der Waals surface area contributed by atoms with Crippen LogP contribution in [0.2, 0.25) is 0 Å². The van der Waals surface area contributed by atoms with Gasteiger partial charge in [0.25, 0.3) is 0 Å². The molecule has 6 rings (SSSR count). The van der Waals surface area contributed by atoms with Crippen LogP contribution in [-0.4, -0.2) is 13.9 Å². The highest BCUT2D eigenvalue weighted by molar-refractivity contribution is 5.46. The normalized spacial score (nSPS) is 31.1. The van der Waals surface area contributed by atoms with E-state index in [4.69, 9.17) is 0 Å². The summed E-state index contributed by atoms with van der Waals surface area (Å²) in [5, 5.41) is 0. The van der Waals surface area contributed by atoms with Crippen LogP contribution in [0.5, 0.6) is 0 Å². The van der Waals surface area contributed by atoms with Crippen molar-refractivity contribution in [3.05, 3.63) is 112 Å². The fraction of sp³-hybridized carbons (Fsp3) is 0.217.